The second-order valence-electron chi connectivity index (χ2n) is 9.12. The van der Waals surface area contributed by atoms with Crippen LogP contribution in [0.5, 0.6) is 0 Å². The van der Waals surface area contributed by atoms with Gasteiger partial charge in [0, 0.05) is 11.3 Å². The lowest BCUT2D eigenvalue weighted by Crippen LogP contribution is -2.03. The largest absolute Gasteiger partial charge is 0.458 e. The van der Waals surface area contributed by atoms with Crippen molar-refractivity contribution < 1.29 is 35.1 Å². The first-order chi connectivity index (χ1) is 18.9. The van der Waals surface area contributed by atoms with Crippen LogP contribution in [0.1, 0.15) is 22.3 Å². The normalized spacial score (nSPS) is 11.8. The summed E-state index contributed by atoms with van der Waals surface area (Å²) in [4.78, 5) is 0. The molecule has 5 rings (SSSR count). The SMILES string of the molecule is Cc1ccc(/C=C/c2ccc3c(F)c(-c4cc(F)c5c(F)c(C#CC(F)(F)F)c(F)cc5c4)c(F)cc3c2)cc1. The zero-order chi connectivity index (χ0) is 28.8. The number of hydrogen-bond acceptors (Lipinski definition) is 0. The Labute approximate surface area is 223 Å². The van der Waals surface area contributed by atoms with Crippen LogP contribution in [0, 0.1) is 47.9 Å². The van der Waals surface area contributed by atoms with E-state index in [2.05, 4.69) is 0 Å². The molecule has 0 fully saturated rings. The van der Waals surface area contributed by atoms with Crippen LogP contribution >= 0.6 is 0 Å². The molecule has 0 unspecified atom stereocenters. The third kappa shape index (κ3) is 5.28. The van der Waals surface area contributed by atoms with Crippen molar-refractivity contribution in [2.24, 2.45) is 0 Å². The minimum absolute atomic E-state index is 0.0273. The van der Waals surface area contributed by atoms with E-state index in [9.17, 15) is 26.3 Å². The molecule has 0 heterocycles. The zero-order valence-corrected chi connectivity index (χ0v) is 20.5. The van der Waals surface area contributed by atoms with Crippen molar-refractivity contribution in [1.29, 1.82) is 0 Å². The zero-order valence-electron chi connectivity index (χ0n) is 20.5. The Balaban J connectivity index is 1.58. The maximum Gasteiger partial charge on any atom is 0.458 e. The van der Waals surface area contributed by atoms with Crippen molar-refractivity contribution in [3.63, 3.8) is 0 Å². The van der Waals surface area contributed by atoms with Crippen molar-refractivity contribution in [2.75, 3.05) is 0 Å². The molecule has 8 heteroatoms. The van der Waals surface area contributed by atoms with Gasteiger partial charge in [-0.1, -0.05) is 60.0 Å². The maximum atomic E-state index is 15.5. The fourth-order valence-corrected chi connectivity index (χ4v) is 4.39. The molecule has 5 aromatic rings. The van der Waals surface area contributed by atoms with Gasteiger partial charge in [0.15, 0.2) is 5.82 Å². The molecule has 0 amide bonds. The van der Waals surface area contributed by atoms with E-state index in [-0.39, 0.29) is 16.3 Å². The first-order valence-corrected chi connectivity index (χ1v) is 11.8. The van der Waals surface area contributed by atoms with E-state index in [1.165, 1.54) is 12.0 Å². The summed E-state index contributed by atoms with van der Waals surface area (Å²) in [5.74, 6) is -4.47. The summed E-state index contributed by atoms with van der Waals surface area (Å²) in [5, 5.41) is -1.04. The van der Waals surface area contributed by atoms with Crippen LogP contribution in [-0.2, 0) is 0 Å². The number of benzene rings is 5. The van der Waals surface area contributed by atoms with Crippen LogP contribution in [0.25, 0.3) is 44.8 Å². The van der Waals surface area contributed by atoms with Gasteiger partial charge in [0.1, 0.15) is 23.3 Å². The third-order valence-electron chi connectivity index (χ3n) is 6.30. The lowest BCUT2D eigenvalue weighted by Gasteiger charge is -2.12. The summed E-state index contributed by atoms with van der Waals surface area (Å²) in [6, 6.07) is 15.6. The van der Waals surface area contributed by atoms with E-state index in [1.807, 2.05) is 37.3 Å². The fraction of sp³-hybridized carbons (Fsp3) is 0.0625. The number of rotatable bonds is 3. The summed E-state index contributed by atoms with van der Waals surface area (Å²) in [6.07, 6.45) is -1.40. The highest BCUT2D eigenvalue weighted by molar-refractivity contribution is 5.94. The lowest BCUT2D eigenvalue weighted by atomic mass is 9.95. The van der Waals surface area contributed by atoms with Crippen LogP contribution in [0.4, 0.5) is 35.1 Å². The second-order valence-corrected chi connectivity index (χ2v) is 9.12. The average Bonchev–Trinajstić information content (AvgIpc) is 2.87. The van der Waals surface area contributed by atoms with Crippen molar-refractivity contribution in [3.8, 4) is 23.0 Å². The Hall–Kier alpha value is -4.64. The van der Waals surface area contributed by atoms with Crippen LogP contribution in [0.3, 0.4) is 0 Å². The van der Waals surface area contributed by atoms with E-state index in [1.54, 1.807) is 18.2 Å². The predicted octanol–water partition coefficient (Wildman–Crippen LogP) is 9.75. The Morgan fingerprint density at radius 1 is 0.650 bits per heavy atom. The number of alkyl halides is 3. The molecular formula is C32H16F8. The summed E-state index contributed by atoms with van der Waals surface area (Å²) in [6.45, 7) is 1.96. The lowest BCUT2D eigenvalue weighted by molar-refractivity contribution is -0.0696. The Bertz CT molecular complexity index is 1890. The van der Waals surface area contributed by atoms with E-state index >= 15 is 8.78 Å². The quantitative estimate of drug-likeness (QED) is 0.119. The minimum Gasteiger partial charge on any atom is -0.206 e. The Morgan fingerprint density at radius 2 is 1.30 bits per heavy atom. The Morgan fingerprint density at radius 3 is 2.00 bits per heavy atom. The number of fused-ring (bicyclic) bond motifs is 2. The van der Waals surface area contributed by atoms with Crippen LogP contribution in [0.15, 0.2) is 66.7 Å². The van der Waals surface area contributed by atoms with E-state index in [0.717, 1.165) is 29.2 Å². The van der Waals surface area contributed by atoms with Gasteiger partial charge in [-0.3, -0.25) is 0 Å². The van der Waals surface area contributed by atoms with Crippen molar-refractivity contribution in [1.82, 2.24) is 0 Å². The minimum atomic E-state index is -5.03. The Kier molecular flexibility index (Phi) is 6.84. The van der Waals surface area contributed by atoms with Gasteiger partial charge >= 0.3 is 6.18 Å². The molecule has 0 bridgehead atoms. The first-order valence-electron chi connectivity index (χ1n) is 11.8. The molecule has 5 aromatic carbocycles. The number of halogens is 8. The van der Waals surface area contributed by atoms with Gasteiger partial charge in [-0.05, 0) is 64.7 Å². The molecule has 0 aromatic heterocycles. The summed E-state index contributed by atoms with van der Waals surface area (Å²) < 4.78 is 112. The van der Waals surface area contributed by atoms with E-state index in [0.29, 0.717) is 17.7 Å². The van der Waals surface area contributed by atoms with Crippen LogP contribution in [-0.4, -0.2) is 6.18 Å². The number of aryl methyl sites for hydroxylation is 1. The third-order valence-corrected chi connectivity index (χ3v) is 6.30. The first kappa shape index (κ1) is 26.9. The molecule has 0 N–H and O–H groups in total. The molecule has 0 aliphatic heterocycles. The topological polar surface area (TPSA) is 0 Å². The van der Waals surface area contributed by atoms with Gasteiger partial charge in [0.05, 0.1) is 16.5 Å². The molecule has 200 valence electrons. The predicted molar refractivity (Wildman–Crippen MR) is 140 cm³/mol. The average molecular weight is 552 g/mol. The molecular weight excluding hydrogens is 536 g/mol. The molecule has 0 radical (unpaired) electrons. The molecule has 0 spiro atoms. The van der Waals surface area contributed by atoms with Gasteiger partial charge in [0.25, 0.3) is 0 Å². The molecule has 40 heavy (non-hydrogen) atoms. The van der Waals surface area contributed by atoms with Gasteiger partial charge in [-0.25, -0.2) is 22.0 Å². The van der Waals surface area contributed by atoms with Gasteiger partial charge in [-0.2, -0.15) is 13.2 Å². The highest BCUT2D eigenvalue weighted by Gasteiger charge is 2.25. The molecule has 0 saturated heterocycles. The van der Waals surface area contributed by atoms with Crippen molar-refractivity contribution in [3.05, 3.63) is 118 Å². The molecule has 0 saturated carbocycles. The highest BCUT2D eigenvalue weighted by Crippen LogP contribution is 2.36. The fourth-order valence-electron chi connectivity index (χ4n) is 4.39. The number of hydrogen-bond donors (Lipinski definition) is 0. The summed E-state index contributed by atoms with van der Waals surface area (Å²) >= 11 is 0. The van der Waals surface area contributed by atoms with Gasteiger partial charge in [0.2, 0.25) is 0 Å². The molecule has 0 nitrogen and oxygen atoms in total. The van der Waals surface area contributed by atoms with Crippen LogP contribution in [0.2, 0.25) is 0 Å². The van der Waals surface area contributed by atoms with Crippen molar-refractivity contribution >= 4 is 33.7 Å². The van der Waals surface area contributed by atoms with Gasteiger partial charge in [-0.15, -0.1) is 0 Å². The van der Waals surface area contributed by atoms with E-state index < -0.39 is 57.2 Å². The van der Waals surface area contributed by atoms with Crippen LogP contribution < -0.4 is 0 Å². The molecule has 0 aliphatic rings. The monoisotopic (exact) mass is 552 g/mol. The summed E-state index contributed by atoms with van der Waals surface area (Å²) in [7, 11) is 0. The van der Waals surface area contributed by atoms with Gasteiger partial charge < -0.3 is 0 Å². The molecule has 0 atom stereocenters. The summed E-state index contributed by atoms with van der Waals surface area (Å²) in [5.41, 5.74) is 0.463. The molecule has 0 aliphatic carbocycles. The second kappa shape index (κ2) is 10.2. The smallest absolute Gasteiger partial charge is 0.206 e. The highest BCUT2D eigenvalue weighted by atomic mass is 19.4. The van der Waals surface area contributed by atoms with Crippen molar-refractivity contribution in [2.45, 2.75) is 13.1 Å². The standard InChI is InChI=1S/C32H16F8/c1-17-2-4-18(5-3-17)6-7-19-8-9-23-20(12-19)14-26(34)28(30(23)36)22-13-21-15-25(33)24(10-11-32(38,39)40)31(37)29(21)27(35)16-22/h2-9,12-16H,1H3/b7-6+. The van der Waals surface area contributed by atoms with E-state index in [4.69, 9.17) is 0 Å². The maximum absolute atomic E-state index is 15.5.